The van der Waals surface area contributed by atoms with E-state index in [1.165, 1.54) is 13.3 Å². The summed E-state index contributed by atoms with van der Waals surface area (Å²) in [5, 5.41) is 5.70. The van der Waals surface area contributed by atoms with Crippen molar-refractivity contribution in [1.82, 2.24) is 15.3 Å². The third-order valence-corrected chi connectivity index (χ3v) is 2.69. The molecule has 0 aromatic carbocycles. The molecule has 1 rings (SSSR count). The van der Waals surface area contributed by atoms with Crippen LogP contribution in [0.25, 0.3) is 4.85 Å². The number of methoxy groups -OCH3 is 1. The van der Waals surface area contributed by atoms with Gasteiger partial charge in [-0.2, -0.15) is 0 Å². The quantitative estimate of drug-likeness (QED) is 0.773. The van der Waals surface area contributed by atoms with Crippen LogP contribution in [0, 0.1) is 6.57 Å². The van der Waals surface area contributed by atoms with Gasteiger partial charge in [-0.15, -0.1) is 4.98 Å². The zero-order valence-corrected chi connectivity index (χ0v) is 14.3. The number of amides is 1. The number of aromatic nitrogens is 2. The van der Waals surface area contributed by atoms with Crippen molar-refractivity contribution in [3.05, 3.63) is 22.8 Å². The third kappa shape index (κ3) is 7.13. The van der Waals surface area contributed by atoms with Crippen LogP contribution in [0.3, 0.4) is 0 Å². The van der Waals surface area contributed by atoms with Crippen molar-refractivity contribution < 1.29 is 14.3 Å². The molecule has 1 atom stereocenters. The van der Waals surface area contributed by atoms with E-state index in [2.05, 4.69) is 25.4 Å². The molecule has 0 saturated heterocycles. The molecule has 8 nitrogen and oxygen atoms in total. The Morgan fingerprint density at radius 3 is 2.74 bits per heavy atom. The lowest BCUT2D eigenvalue weighted by molar-refractivity contribution is 0.0474. The number of alkyl carbamates (subject to hydrolysis) is 1. The van der Waals surface area contributed by atoms with Gasteiger partial charge in [0.25, 0.3) is 0 Å². The van der Waals surface area contributed by atoms with Crippen LogP contribution in [0.15, 0.2) is 6.20 Å². The predicted octanol–water partition coefficient (Wildman–Crippen LogP) is 2.63. The van der Waals surface area contributed by atoms with Crippen molar-refractivity contribution in [1.29, 1.82) is 0 Å². The molecule has 1 heterocycles. The Balaban J connectivity index is 2.61. The first-order valence-electron chi connectivity index (χ1n) is 6.87. The van der Waals surface area contributed by atoms with Gasteiger partial charge < -0.3 is 25.0 Å². The Bertz CT molecular complexity index is 583. The molecule has 0 aliphatic rings. The molecular weight excluding hydrogens is 322 g/mol. The van der Waals surface area contributed by atoms with Crippen LogP contribution in [0.2, 0.25) is 5.15 Å². The lowest BCUT2D eigenvalue weighted by atomic mass is 10.2. The molecule has 0 spiro atoms. The number of hydrogen-bond acceptors (Lipinski definition) is 6. The van der Waals surface area contributed by atoms with Gasteiger partial charge >= 0.3 is 11.9 Å². The van der Waals surface area contributed by atoms with Gasteiger partial charge in [0, 0.05) is 13.7 Å². The second kappa shape index (κ2) is 8.50. The molecule has 23 heavy (non-hydrogen) atoms. The average molecular weight is 342 g/mol. The Morgan fingerprint density at radius 1 is 1.52 bits per heavy atom. The summed E-state index contributed by atoms with van der Waals surface area (Å²) < 4.78 is 10.3. The number of hydrogen-bond donors (Lipinski definition) is 2. The maximum atomic E-state index is 11.8. The largest absolute Gasteiger partial charge is 0.444 e. The van der Waals surface area contributed by atoms with Crippen LogP contribution in [-0.2, 0) is 9.47 Å². The summed E-state index contributed by atoms with van der Waals surface area (Å²) >= 11 is 5.82. The minimum Gasteiger partial charge on any atom is -0.444 e. The number of halogens is 1. The number of anilines is 1. The Morgan fingerprint density at radius 2 is 2.22 bits per heavy atom. The zero-order chi connectivity index (χ0) is 17.5. The molecule has 1 amide bonds. The van der Waals surface area contributed by atoms with Crippen molar-refractivity contribution >= 4 is 29.3 Å². The fraction of sp³-hybridized carbons (Fsp3) is 0.571. The topological polar surface area (TPSA) is 89.7 Å². The van der Waals surface area contributed by atoms with Gasteiger partial charge in [-0.3, -0.25) is 0 Å². The van der Waals surface area contributed by atoms with E-state index in [1.807, 2.05) is 0 Å². The van der Waals surface area contributed by atoms with Gasteiger partial charge in [-0.25, -0.2) is 9.78 Å². The number of carbonyl (C=O) groups excluding carboxylic acids is 1. The Kier molecular flexibility index (Phi) is 7.00. The van der Waals surface area contributed by atoms with E-state index < -0.39 is 11.7 Å². The van der Waals surface area contributed by atoms with Crippen LogP contribution in [0.1, 0.15) is 20.8 Å². The maximum Gasteiger partial charge on any atom is 0.408 e. The van der Waals surface area contributed by atoms with E-state index in [-0.39, 0.29) is 23.6 Å². The summed E-state index contributed by atoms with van der Waals surface area (Å²) in [6.45, 7) is 12.8. The molecule has 0 fully saturated rings. The first-order chi connectivity index (χ1) is 10.7. The first kappa shape index (κ1) is 18.9. The first-order valence-corrected chi connectivity index (χ1v) is 7.25. The number of ether oxygens (including phenoxy) is 2. The number of rotatable bonds is 6. The minimum absolute atomic E-state index is 0.0217. The van der Waals surface area contributed by atoms with E-state index in [1.54, 1.807) is 20.8 Å². The third-order valence-electron chi connectivity index (χ3n) is 2.44. The summed E-state index contributed by atoms with van der Waals surface area (Å²) in [6, 6.07) is -0.337. The molecule has 2 N–H and O–H groups in total. The molecule has 0 saturated carbocycles. The highest BCUT2D eigenvalue weighted by Gasteiger charge is 2.19. The highest BCUT2D eigenvalue weighted by molar-refractivity contribution is 6.31. The minimum atomic E-state index is -0.580. The second-order valence-electron chi connectivity index (χ2n) is 5.66. The summed E-state index contributed by atoms with van der Waals surface area (Å²) in [5.74, 6) is 0.437. The maximum absolute atomic E-state index is 11.8. The lowest BCUT2D eigenvalue weighted by Crippen LogP contribution is -2.45. The second-order valence-corrected chi connectivity index (χ2v) is 6.02. The zero-order valence-electron chi connectivity index (χ0n) is 13.5. The van der Waals surface area contributed by atoms with Crippen molar-refractivity contribution in [2.75, 3.05) is 25.6 Å². The van der Waals surface area contributed by atoms with Crippen molar-refractivity contribution in [2.45, 2.75) is 32.4 Å². The fourth-order valence-corrected chi connectivity index (χ4v) is 1.76. The average Bonchev–Trinajstić information content (AvgIpc) is 2.43. The van der Waals surface area contributed by atoms with Crippen molar-refractivity contribution in [3.63, 3.8) is 0 Å². The summed E-state index contributed by atoms with van der Waals surface area (Å²) in [7, 11) is 1.53. The van der Waals surface area contributed by atoms with Gasteiger partial charge in [0.15, 0.2) is 17.2 Å². The lowest BCUT2D eigenvalue weighted by Gasteiger charge is -2.23. The van der Waals surface area contributed by atoms with Crippen molar-refractivity contribution in [2.24, 2.45) is 0 Å². The van der Waals surface area contributed by atoms with E-state index in [0.29, 0.717) is 12.4 Å². The molecule has 126 valence electrons. The Hall–Kier alpha value is -2.11. The Labute approximate surface area is 140 Å². The van der Waals surface area contributed by atoms with Crippen LogP contribution in [0.4, 0.5) is 16.4 Å². The van der Waals surface area contributed by atoms with E-state index in [4.69, 9.17) is 27.6 Å². The molecule has 0 unspecified atom stereocenters. The number of nitrogens with one attached hydrogen (secondary N) is 2. The smallest absolute Gasteiger partial charge is 0.408 e. The number of nitrogens with zero attached hydrogens (tertiary/aromatic N) is 3. The highest BCUT2D eigenvalue weighted by Crippen LogP contribution is 2.20. The van der Waals surface area contributed by atoms with Crippen LogP contribution in [-0.4, -0.2) is 48.0 Å². The molecule has 0 bridgehead atoms. The van der Waals surface area contributed by atoms with Crippen LogP contribution >= 0.6 is 11.6 Å². The van der Waals surface area contributed by atoms with Gasteiger partial charge in [-0.05, 0) is 20.8 Å². The molecule has 0 radical (unpaired) electrons. The van der Waals surface area contributed by atoms with E-state index >= 15 is 0 Å². The number of carbonyl (C=O) groups is 1. The van der Waals surface area contributed by atoms with Gasteiger partial charge in [0.1, 0.15) is 5.60 Å². The molecule has 0 aliphatic heterocycles. The normalized spacial score (nSPS) is 12.2. The monoisotopic (exact) mass is 341 g/mol. The molecule has 1 aromatic heterocycles. The van der Waals surface area contributed by atoms with Gasteiger partial charge in [0.2, 0.25) is 0 Å². The standard InChI is InChI=1S/C14H20ClN5O3/c1-14(2,3)23-13(21)19-9(8-22-5)6-17-10-7-18-12(16-4)11(15)20-10/h7,9H,6,8H2,1-3,5H3,(H,17,20)(H,19,21)/t9-/m0/s1. The van der Waals surface area contributed by atoms with E-state index in [9.17, 15) is 4.79 Å². The van der Waals surface area contributed by atoms with Crippen molar-refractivity contribution in [3.8, 4) is 0 Å². The predicted molar refractivity (Wildman–Crippen MR) is 86.8 cm³/mol. The fourth-order valence-electron chi connectivity index (χ4n) is 1.58. The van der Waals surface area contributed by atoms with Gasteiger partial charge in [0.05, 0.1) is 12.6 Å². The summed E-state index contributed by atoms with van der Waals surface area (Å²) in [6.07, 6.45) is 0.866. The summed E-state index contributed by atoms with van der Waals surface area (Å²) in [5.41, 5.74) is -0.580. The van der Waals surface area contributed by atoms with Crippen LogP contribution < -0.4 is 10.6 Å². The molecule has 1 aromatic rings. The molecular formula is C14H20ClN5O3. The molecule has 0 aliphatic carbocycles. The van der Waals surface area contributed by atoms with Crippen LogP contribution in [0.5, 0.6) is 0 Å². The SMILES string of the molecule is [C-]#[N+]c1ncc(NC[C@@H](COC)NC(=O)OC(C)(C)C)nc1Cl. The highest BCUT2D eigenvalue weighted by atomic mass is 35.5. The summed E-state index contributed by atoms with van der Waals surface area (Å²) in [4.78, 5) is 22.8. The van der Waals surface area contributed by atoms with E-state index in [0.717, 1.165) is 0 Å². The van der Waals surface area contributed by atoms with Gasteiger partial charge in [-0.1, -0.05) is 18.2 Å². The molecule has 9 heteroatoms.